The topological polar surface area (TPSA) is 87.6 Å². The van der Waals surface area contributed by atoms with Crippen molar-refractivity contribution in [3.63, 3.8) is 0 Å². The highest BCUT2D eigenvalue weighted by Gasteiger charge is 2.25. The van der Waals surface area contributed by atoms with Crippen LogP contribution < -0.4 is 10.1 Å². The summed E-state index contributed by atoms with van der Waals surface area (Å²) in [6, 6.07) is 10.4. The summed E-state index contributed by atoms with van der Waals surface area (Å²) in [5.74, 6) is 0.540. The molecule has 0 spiro atoms. The monoisotopic (exact) mass is 410 g/mol. The highest BCUT2D eigenvalue weighted by Crippen LogP contribution is 2.36. The lowest BCUT2D eigenvalue weighted by atomic mass is 10.0. The molecule has 1 amide bonds. The summed E-state index contributed by atoms with van der Waals surface area (Å²) < 4.78 is 20.4. The van der Waals surface area contributed by atoms with Crippen LogP contribution in [0.1, 0.15) is 18.4 Å². The number of amides is 1. The average Bonchev–Trinajstić information content (AvgIpc) is 2.74. The number of carboxylic acid groups (broad SMARTS) is 1. The number of piperidine rings is 1. The van der Waals surface area contributed by atoms with E-state index in [1.54, 1.807) is 19.2 Å². The summed E-state index contributed by atoms with van der Waals surface area (Å²) in [6.45, 7) is 2.79. The number of ether oxygens (including phenoxy) is 1. The molecule has 1 saturated heterocycles. The van der Waals surface area contributed by atoms with Gasteiger partial charge in [0.2, 0.25) is 0 Å². The molecule has 4 rings (SSSR count). The highest BCUT2D eigenvalue weighted by molar-refractivity contribution is 6.01. The molecule has 0 aliphatic carbocycles. The Labute approximate surface area is 173 Å². The molecule has 0 radical (unpaired) electrons. The predicted octanol–water partition coefficient (Wildman–Crippen LogP) is 4.31. The van der Waals surface area contributed by atoms with Crippen molar-refractivity contribution in [2.45, 2.75) is 25.8 Å². The summed E-state index contributed by atoms with van der Waals surface area (Å²) in [7, 11) is 1.58. The number of benzene rings is 2. The number of rotatable bonds is 4. The number of fused-ring (bicyclic) bond motifs is 1. The third-order valence-electron chi connectivity index (χ3n) is 5.40. The Kier molecular flexibility index (Phi) is 5.39. The molecular formula is C22H23FN4O3. The Hall–Kier alpha value is -3.42. The number of hydrogen-bond acceptors (Lipinski definition) is 5. The van der Waals surface area contributed by atoms with Crippen LogP contribution in [0.15, 0.2) is 36.4 Å². The zero-order valence-electron chi connectivity index (χ0n) is 16.9. The van der Waals surface area contributed by atoms with E-state index in [9.17, 15) is 14.3 Å². The van der Waals surface area contributed by atoms with Crippen molar-refractivity contribution in [1.82, 2.24) is 15.1 Å². The van der Waals surface area contributed by atoms with E-state index in [2.05, 4.69) is 15.5 Å². The quantitative estimate of drug-likeness (QED) is 0.667. The van der Waals surface area contributed by atoms with Gasteiger partial charge in [-0.15, -0.1) is 10.2 Å². The van der Waals surface area contributed by atoms with Crippen LogP contribution in [0.4, 0.5) is 15.0 Å². The van der Waals surface area contributed by atoms with Crippen molar-refractivity contribution >= 4 is 22.7 Å². The maximum Gasteiger partial charge on any atom is 0.407 e. The molecule has 2 heterocycles. The van der Waals surface area contributed by atoms with E-state index in [0.717, 1.165) is 24.0 Å². The number of methoxy groups -OCH3 is 1. The number of anilines is 1. The summed E-state index contributed by atoms with van der Waals surface area (Å²) in [5, 5.41) is 22.1. The standard InChI is InChI=1S/C22H23FN4O3/c1-13-8-9-15(18(11-13)30-2)20-16-6-3-7-17(23)19(16)21(26-25-20)24-14-5-4-10-27(12-14)22(28)29/h3,6-9,11,14H,4-5,10,12H2,1-2H3,(H,24,26)(H,28,29)/t14-/m1/s1. The molecule has 1 aliphatic rings. The van der Waals surface area contributed by atoms with Gasteiger partial charge in [-0.1, -0.05) is 18.2 Å². The van der Waals surface area contributed by atoms with Crippen LogP contribution in [0.5, 0.6) is 5.75 Å². The second-order valence-electron chi connectivity index (χ2n) is 7.48. The molecule has 1 aromatic heterocycles. The lowest BCUT2D eigenvalue weighted by Crippen LogP contribution is -2.44. The van der Waals surface area contributed by atoms with Crippen LogP contribution in [-0.4, -0.2) is 52.5 Å². The zero-order chi connectivity index (χ0) is 21.3. The lowest BCUT2D eigenvalue weighted by molar-refractivity contribution is 0.133. The van der Waals surface area contributed by atoms with Gasteiger partial charge in [0.05, 0.1) is 12.5 Å². The number of halogens is 1. The van der Waals surface area contributed by atoms with Gasteiger partial charge in [0.15, 0.2) is 5.82 Å². The number of nitrogens with one attached hydrogen (secondary N) is 1. The minimum absolute atomic E-state index is 0.160. The summed E-state index contributed by atoms with van der Waals surface area (Å²) in [4.78, 5) is 12.7. The van der Waals surface area contributed by atoms with Crippen molar-refractivity contribution in [3.8, 4) is 17.0 Å². The largest absolute Gasteiger partial charge is 0.496 e. The van der Waals surface area contributed by atoms with Gasteiger partial charge in [-0.3, -0.25) is 0 Å². The van der Waals surface area contributed by atoms with Gasteiger partial charge < -0.3 is 20.1 Å². The van der Waals surface area contributed by atoms with Crippen LogP contribution >= 0.6 is 0 Å². The Balaban J connectivity index is 1.77. The molecule has 1 fully saturated rings. The van der Waals surface area contributed by atoms with Crippen molar-refractivity contribution in [2.75, 3.05) is 25.5 Å². The van der Waals surface area contributed by atoms with Gasteiger partial charge >= 0.3 is 6.09 Å². The van der Waals surface area contributed by atoms with Crippen molar-refractivity contribution in [1.29, 1.82) is 0 Å². The Morgan fingerprint density at radius 3 is 2.90 bits per heavy atom. The minimum Gasteiger partial charge on any atom is -0.496 e. The van der Waals surface area contributed by atoms with Crippen molar-refractivity contribution in [3.05, 3.63) is 47.8 Å². The maximum atomic E-state index is 14.9. The van der Waals surface area contributed by atoms with Gasteiger partial charge in [0.1, 0.15) is 17.3 Å². The molecule has 2 aromatic carbocycles. The molecular weight excluding hydrogens is 387 g/mol. The number of aromatic nitrogens is 2. The first-order valence-corrected chi connectivity index (χ1v) is 9.82. The average molecular weight is 410 g/mol. The number of nitrogens with zero attached hydrogens (tertiary/aromatic N) is 3. The van der Waals surface area contributed by atoms with E-state index in [1.165, 1.54) is 11.0 Å². The number of likely N-dealkylation sites (tertiary alicyclic amines) is 1. The summed E-state index contributed by atoms with van der Waals surface area (Å²) in [6.07, 6.45) is 0.552. The van der Waals surface area contributed by atoms with Crippen LogP contribution in [-0.2, 0) is 0 Å². The Bertz CT molecular complexity index is 1110. The van der Waals surface area contributed by atoms with Crippen molar-refractivity contribution < 1.29 is 19.0 Å². The van der Waals surface area contributed by atoms with E-state index in [4.69, 9.17) is 4.74 Å². The Morgan fingerprint density at radius 2 is 2.13 bits per heavy atom. The zero-order valence-corrected chi connectivity index (χ0v) is 16.9. The first-order chi connectivity index (χ1) is 14.5. The van der Waals surface area contributed by atoms with Crippen LogP contribution in [0.3, 0.4) is 0 Å². The van der Waals surface area contributed by atoms with Crippen molar-refractivity contribution in [2.24, 2.45) is 0 Å². The van der Waals surface area contributed by atoms with Gasteiger partial charge in [-0.2, -0.15) is 0 Å². The Morgan fingerprint density at radius 1 is 1.30 bits per heavy atom. The van der Waals surface area contributed by atoms with E-state index < -0.39 is 11.9 Å². The van der Waals surface area contributed by atoms with Crippen LogP contribution in [0, 0.1) is 12.7 Å². The van der Waals surface area contributed by atoms with E-state index in [1.807, 2.05) is 25.1 Å². The predicted molar refractivity (Wildman–Crippen MR) is 112 cm³/mol. The fourth-order valence-corrected chi connectivity index (χ4v) is 3.92. The van der Waals surface area contributed by atoms with E-state index in [-0.39, 0.29) is 6.04 Å². The van der Waals surface area contributed by atoms with Gasteiger partial charge in [0, 0.05) is 30.1 Å². The van der Waals surface area contributed by atoms with Crippen LogP contribution in [0.2, 0.25) is 0 Å². The molecule has 0 bridgehead atoms. The fourth-order valence-electron chi connectivity index (χ4n) is 3.92. The second kappa shape index (κ2) is 8.14. The summed E-state index contributed by atoms with van der Waals surface area (Å²) in [5.41, 5.74) is 2.30. The fraction of sp³-hybridized carbons (Fsp3) is 0.318. The third kappa shape index (κ3) is 3.72. The maximum absolute atomic E-state index is 14.9. The smallest absolute Gasteiger partial charge is 0.407 e. The first kappa shape index (κ1) is 19.9. The molecule has 2 N–H and O–H groups in total. The normalized spacial score (nSPS) is 16.5. The first-order valence-electron chi connectivity index (χ1n) is 9.82. The third-order valence-corrected chi connectivity index (χ3v) is 5.40. The number of aryl methyl sites for hydroxylation is 1. The molecule has 0 saturated carbocycles. The lowest BCUT2D eigenvalue weighted by Gasteiger charge is -2.31. The van der Waals surface area contributed by atoms with Gasteiger partial charge in [-0.25, -0.2) is 9.18 Å². The van der Waals surface area contributed by atoms with Crippen LogP contribution in [0.25, 0.3) is 22.0 Å². The molecule has 1 aliphatic heterocycles. The molecule has 1 atom stereocenters. The molecule has 156 valence electrons. The van der Waals surface area contributed by atoms with Gasteiger partial charge in [0.25, 0.3) is 0 Å². The highest BCUT2D eigenvalue weighted by atomic mass is 19.1. The molecule has 0 unspecified atom stereocenters. The molecule has 30 heavy (non-hydrogen) atoms. The second-order valence-corrected chi connectivity index (χ2v) is 7.48. The SMILES string of the molecule is COc1cc(C)ccc1-c1nnc(N[C@@H]2CCCN(C(=O)O)C2)c2c(F)cccc12. The number of hydrogen-bond donors (Lipinski definition) is 2. The molecule has 8 heteroatoms. The van der Waals surface area contributed by atoms with E-state index in [0.29, 0.717) is 41.1 Å². The summed E-state index contributed by atoms with van der Waals surface area (Å²) >= 11 is 0. The molecule has 7 nitrogen and oxygen atoms in total. The number of carbonyl (C=O) groups is 1. The minimum atomic E-state index is -0.953. The van der Waals surface area contributed by atoms with Gasteiger partial charge in [-0.05, 0) is 43.5 Å². The van der Waals surface area contributed by atoms with E-state index >= 15 is 0 Å². The molecule has 3 aromatic rings.